The molecular formula is C21H27IN2O2. The van der Waals surface area contributed by atoms with Crippen LogP contribution in [0.25, 0.3) is 11.0 Å². The highest BCUT2D eigenvalue weighted by atomic mass is 127. The molecule has 1 saturated heterocycles. The number of fused-ring (bicyclic) bond motifs is 1. The maximum absolute atomic E-state index is 10.5. The molecule has 1 N–H and O–H groups in total. The number of hydrogen-bond donors (Lipinski definition) is 1. The van der Waals surface area contributed by atoms with Crippen molar-refractivity contribution >= 4 is 33.6 Å². The molecular weight excluding hydrogens is 439 g/mol. The molecule has 1 aromatic carbocycles. The molecule has 0 spiro atoms. The van der Waals surface area contributed by atoms with Crippen LogP contribution in [-0.4, -0.2) is 20.8 Å². The van der Waals surface area contributed by atoms with Crippen molar-refractivity contribution in [3.63, 3.8) is 0 Å². The first-order valence-electron chi connectivity index (χ1n) is 9.63. The third kappa shape index (κ3) is 3.07. The van der Waals surface area contributed by atoms with E-state index in [1.807, 2.05) is 6.07 Å². The molecule has 0 radical (unpaired) electrons. The molecule has 2 aromatic rings. The second kappa shape index (κ2) is 6.82. The Kier molecular flexibility index (Phi) is 4.80. The highest BCUT2D eigenvalue weighted by Crippen LogP contribution is 2.47. The van der Waals surface area contributed by atoms with Crippen LogP contribution < -0.4 is 0 Å². The summed E-state index contributed by atoms with van der Waals surface area (Å²) in [6.45, 7) is 10.8. The molecule has 4 rings (SSSR count). The zero-order chi connectivity index (χ0) is 18.6. The first-order valence-corrected chi connectivity index (χ1v) is 10.7. The fraction of sp³-hybridized carbons (Fsp3) is 0.571. The van der Waals surface area contributed by atoms with Crippen LogP contribution in [0.15, 0.2) is 24.3 Å². The van der Waals surface area contributed by atoms with Crippen LogP contribution in [-0.2, 0) is 4.74 Å². The summed E-state index contributed by atoms with van der Waals surface area (Å²) in [6, 6.07) is 3.96. The van der Waals surface area contributed by atoms with Gasteiger partial charge in [-0.15, -0.1) is 0 Å². The third-order valence-corrected chi connectivity index (χ3v) is 7.00. The number of phenols is 1. The monoisotopic (exact) mass is 466 g/mol. The van der Waals surface area contributed by atoms with Gasteiger partial charge in [0.05, 0.1) is 17.1 Å². The minimum absolute atomic E-state index is 0.0530. The molecule has 1 aliphatic carbocycles. The zero-order valence-corrected chi connectivity index (χ0v) is 17.9. The average Bonchev–Trinajstić information content (AvgIpc) is 3.35. The van der Waals surface area contributed by atoms with Gasteiger partial charge in [0.2, 0.25) is 0 Å². The van der Waals surface area contributed by atoms with E-state index in [1.165, 1.54) is 18.4 Å². The summed E-state index contributed by atoms with van der Waals surface area (Å²) in [5.74, 6) is 1.73. The van der Waals surface area contributed by atoms with Crippen molar-refractivity contribution < 1.29 is 9.84 Å². The fourth-order valence-electron chi connectivity index (χ4n) is 4.06. The van der Waals surface area contributed by atoms with Gasteiger partial charge in [-0.2, -0.15) is 0 Å². The van der Waals surface area contributed by atoms with E-state index in [9.17, 15) is 5.11 Å². The molecule has 0 bridgehead atoms. The van der Waals surface area contributed by atoms with Crippen LogP contribution in [0.1, 0.15) is 64.2 Å². The lowest BCUT2D eigenvalue weighted by Crippen LogP contribution is -2.17. The Morgan fingerprint density at radius 2 is 2.08 bits per heavy atom. The second-order valence-electron chi connectivity index (χ2n) is 8.02. The molecule has 1 unspecified atom stereocenters. The van der Waals surface area contributed by atoms with Crippen molar-refractivity contribution in [3.05, 3.63) is 33.7 Å². The van der Waals surface area contributed by atoms with E-state index in [-0.39, 0.29) is 12.3 Å². The smallest absolute Gasteiger partial charge is 0.174 e. The summed E-state index contributed by atoms with van der Waals surface area (Å²) in [6.07, 6.45) is 4.38. The predicted octanol–water partition coefficient (Wildman–Crippen LogP) is 5.75. The molecule has 0 amide bonds. The Labute approximate surface area is 168 Å². The van der Waals surface area contributed by atoms with Crippen LogP contribution in [0.2, 0.25) is 0 Å². The van der Waals surface area contributed by atoms with E-state index in [2.05, 4.69) is 60.6 Å². The Morgan fingerprint density at radius 3 is 2.73 bits per heavy atom. The maximum atomic E-state index is 10.5. The van der Waals surface area contributed by atoms with Crippen LogP contribution in [0, 0.1) is 15.7 Å². The topological polar surface area (TPSA) is 47.3 Å². The summed E-state index contributed by atoms with van der Waals surface area (Å²) in [4.78, 5) is 4.77. The van der Waals surface area contributed by atoms with Gasteiger partial charge in [0.25, 0.3) is 0 Å². The van der Waals surface area contributed by atoms with Crippen LogP contribution in [0.4, 0.5) is 0 Å². The van der Waals surface area contributed by atoms with Crippen LogP contribution in [0.3, 0.4) is 0 Å². The van der Waals surface area contributed by atoms with Crippen molar-refractivity contribution in [3.8, 4) is 5.75 Å². The minimum Gasteiger partial charge on any atom is -0.508 e. The number of rotatable bonds is 5. The fourth-order valence-corrected chi connectivity index (χ4v) is 4.86. The molecule has 1 saturated carbocycles. The molecule has 2 fully saturated rings. The number of phenolic OH excluding ortho intramolecular Hbond substituents is 1. The molecule has 1 aliphatic heterocycles. The highest BCUT2D eigenvalue weighted by molar-refractivity contribution is 14.1. The van der Waals surface area contributed by atoms with Gasteiger partial charge in [0.15, 0.2) is 3.83 Å². The molecule has 1 aromatic heterocycles. The molecule has 140 valence electrons. The molecule has 26 heavy (non-hydrogen) atoms. The Bertz CT molecular complexity index is 855. The highest BCUT2D eigenvalue weighted by Gasteiger charge is 2.41. The number of aromatic hydroxyl groups is 1. The maximum Gasteiger partial charge on any atom is 0.174 e. The summed E-state index contributed by atoms with van der Waals surface area (Å²) < 4.78 is 9.59. The molecule has 2 heterocycles. The van der Waals surface area contributed by atoms with Crippen molar-refractivity contribution in [2.24, 2.45) is 11.8 Å². The van der Waals surface area contributed by atoms with Gasteiger partial charge < -0.3 is 9.84 Å². The minimum atomic E-state index is -0.0530. The van der Waals surface area contributed by atoms with E-state index in [4.69, 9.17) is 9.72 Å². The number of ether oxygens (including phenoxy) is 1. The van der Waals surface area contributed by atoms with E-state index in [0.29, 0.717) is 23.5 Å². The van der Waals surface area contributed by atoms with Crippen molar-refractivity contribution in [2.75, 3.05) is 0 Å². The van der Waals surface area contributed by atoms with Crippen molar-refractivity contribution in [1.29, 1.82) is 0 Å². The number of aromatic nitrogens is 2. The largest absolute Gasteiger partial charge is 0.508 e. The zero-order valence-electron chi connectivity index (χ0n) is 15.7. The first-order chi connectivity index (χ1) is 12.4. The van der Waals surface area contributed by atoms with Gasteiger partial charge >= 0.3 is 0 Å². The summed E-state index contributed by atoms with van der Waals surface area (Å²) in [7, 11) is 0. The van der Waals surface area contributed by atoms with Crippen LogP contribution in [0.5, 0.6) is 5.75 Å². The molecule has 4 atom stereocenters. The summed E-state index contributed by atoms with van der Waals surface area (Å²) in [5.41, 5.74) is 4.21. The lowest BCUT2D eigenvalue weighted by molar-refractivity contribution is -0.0115. The number of imidazole rings is 1. The number of benzene rings is 1. The Morgan fingerprint density at radius 1 is 1.35 bits per heavy atom. The van der Waals surface area contributed by atoms with E-state index in [1.54, 1.807) is 0 Å². The van der Waals surface area contributed by atoms with Gasteiger partial charge in [-0.05, 0) is 49.1 Å². The van der Waals surface area contributed by atoms with Gasteiger partial charge in [-0.3, -0.25) is 4.57 Å². The quantitative estimate of drug-likeness (QED) is 0.451. The number of nitrogens with zero attached hydrogens (tertiary/aromatic N) is 2. The molecule has 2 aliphatic rings. The third-order valence-electron chi connectivity index (χ3n) is 6.24. The number of hydrogen-bond acceptors (Lipinski definition) is 3. The predicted molar refractivity (Wildman–Crippen MR) is 112 cm³/mol. The number of halogens is 1. The van der Waals surface area contributed by atoms with E-state index >= 15 is 0 Å². The molecule has 4 nitrogen and oxygen atoms in total. The Balaban J connectivity index is 1.70. The van der Waals surface area contributed by atoms with Gasteiger partial charge in [0.1, 0.15) is 12.0 Å². The van der Waals surface area contributed by atoms with Gasteiger partial charge in [-0.25, -0.2) is 4.98 Å². The second-order valence-corrected chi connectivity index (χ2v) is 8.98. The van der Waals surface area contributed by atoms with E-state index < -0.39 is 0 Å². The van der Waals surface area contributed by atoms with Gasteiger partial charge in [-0.1, -0.05) is 32.9 Å². The Hall–Kier alpha value is -1.08. The standard InChI is InChI=1S/C21H27IN2O2/c1-5-11(2)8-19-12(3)13(4)20(26-19)24-17-10-18(25)15(14-6-7-14)9-16(17)23-21(24)22/h9-10,12-14,19-20,25H,2,5-8H2,1,3-4H3/t12-,13+,19+,20?/m1/s1. The SMILES string of the molecule is C=C(CC)C[C@@H]1OC(n2c(I)nc3cc(C4CC4)c(O)cc32)[C@@H](C)[C@H]1C. The van der Waals surface area contributed by atoms with Crippen LogP contribution >= 0.6 is 22.6 Å². The van der Waals surface area contributed by atoms with Gasteiger partial charge in [0, 0.05) is 34.6 Å². The lowest BCUT2D eigenvalue weighted by atomic mass is 9.89. The van der Waals surface area contributed by atoms with Crippen molar-refractivity contribution in [1.82, 2.24) is 9.55 Å². The van der Waals surface area contributed by atoms with E-state index in [0.717, 1.165) is 33.3 Å². The lowest BCUT2D eigenvalue weighted by Gasteiger charge is -2.20. The van der Waals surface area contributed by atoms with Crippen molar-refractivity contribution in [2.45, 2.75) is 64.7 Å². The summed E-state index contributed by atoms with van der Waals surface area (Å²) >= 11 is 2.29. The molecule has 5 heteroatoms. The first kappa shape index (κ1) is 18.3. The average molecular weight is 466 g/mol. The summed E-state index contributed by atoms with van der Waals surface area (Å²) in [5, 5.41) is 10.5. The normalized spacial score (nSPS) is 28.8.